The van der Waals surface area contributed by atoms with Gasteiger partial charge in [-0.15, -0.1) is 0 Å². The molecular weight excluding hydrogens is 252 g/mol. The minimum Gasteiger partial charge on any atom is -0.258 e. The first-order chi connectivity index (χ1) is 8.38. The lowest BCUT2D eigenvalue weighted by Gasteiger charge is -1.95. The van der Waals surface area contributed by atoms with Gasteiger partial charge < -0.3 is 0 Å². The smallest absolute Gasteiger partial charge is 0.258 e. The highest BCUT2D eigenvalue weighted by Gasteiger charge is 2.33. The van der Waals surface area contributed by atoms with Crippen molar-refractivity contribution in [3.8, 4) is 0 Å². The van der Waals surface area contributed by atoms with Gasteiger partial charge >= 0.3 is 17.1 Å². The fraction of sp³-hybridized carbons (Fsp3) is 0. The molecule has 0 fully saturated rings. The van der Waals surface area contributed by atoms with Crippen LogP contribution in [-0.2, 0) is 0 Å². The third-order valence-corrected chi connectivity index (χ3v) is 1.81. The lowest BCUT2D eigenvalue weighted by Crippen LogP contribution is -1.97. The molecule has 1 aromatic carbocycles. The van der Waals surface area contributed by atoms with Gasteiger partial charge in [0.05, 0.1) is 26.9 Å². The van der Waals surface area contributed by atoms with E-state index in [1.165, 1.54) is 0 Å². The first-order valence-electron chi connectivity index (χ1n) is 4.07. The van der Waals surface area contributed by atoms with E-state index in [0.717, 1.165) is 0 Å². The summed E-state index contributed by atoms with van der Waals surface area (Å²) in [4.78, 5) is 31.1. The predicted octanol–water partition coefficient (Wildman–Crippen LogP) is 1.59. The lowest BCUT2D eigenvalue weighted by molar-refractivity contribution is -0.402. The maximum Gasteiger partial charge on any atom is 0.316 e. The lowest BCUT2D eigenvalue weighted by atomic mass is 10.2. The molecule has 0 saturated heterocycles. The van der Waals surface area contributed by atoms with Crippen LogP contribution in [0.4, 0.5) is 22.7 Å². The Kier molecular flexibility index (Phi) is 3.35. The number of nitro benzene ring substituents is 3. The highest BCUT2D eigenvalue weighted by molar-refractivity contribution is 5.73. The Balaban J connectivity index is 3.76. The zero-order valence-electron chi connectivity index (χ0n) is 8.34. The van der Waals surface area contributed by atoms with E-state index in [1.54, 1.807) is 0 Å². The topological polar surface area (TPSA) is 180 Å². The number of nitro groups is 3. The Morgan fingerprint density at radius 1 is 1.00 bits per heavy atom. The van der Waals surface area contributed by atoms with E-state index in [2.05, 4.69) is 10.0 Å². The molecule has 0 aliphatic rings. The number of nitrogens with zero attached hydrogens (tertiary/aromatic N) is 5. The van der Waals surface area contributed by atoms with Crippen LogP contribution in [0.25, 0.3) is 0 Å². The Morgan fingerprint density at radius 2 is 1.44 bits per heavy atom. The second-order valence-corrected chi connectivity index (χ2v) is 2.80. The van der Waals surface area contributed by atoms with E-state index in [0.29, 0.717) is 12.1 Å². The van der Waals surface area contributed by atoms with Crippen molar-refractivity contribution >= 4 is 22.7 Å². The van der Waals surface area contributed by atoms with E-state index in [1.807, 2.05) is 0 Å². The van der Waals surface area contributed by atoms with Gasteiger partial charge in [0.1, 0.15) is 5.53 Å². The van der Waals surface area contributed by atoms with Crippen LogP contribution in [0.2, 0.25) is 0 Å². The molecule has 0 heterocycles. The molecule has 0 aromatic heterocycles. The molecular formula is C6H3N6O6+. The van der Waals surface area contributed by atoms with Gasteiger partial charge in [0.2, 0.25) is 4.91 Å². The summed E-state index contributed by atoms with van der Waals surface area (Å²) < 4.78 is 0. The fourth-order valence-corrected chi connectivity index (χ4v) is 1.13. The Labute approximate surface area is 96.5 Å². The van der Waals surface area contributed by atoms with Crippen LogP contribution in [0, 0.1) is 35.9 Å². The quantitative estimate of drug-likeness (QED) is 0.368. The fourth-order valence-electron chi connectivity index (χ4n) is 1.13. The standard InChI is InChI=1S/C6H3N6O6/c7-9-8-6-4(11(15)16)1-3(10(13)14)2-5(6)12(17)18/h1-2,7H/q+1. The first-order valence-corrected chi connectivity index (χ1v) is 4.07. The highest BCUT2D eigenvalue weighted by Crippen LogP contribution is 2.39. The van der Waals surface area contributed by atoms with E-state index in [9.17, 15) is 30.3 Å². The molecule has 0 amide bonds. The molecule has 0 radical (unpaired) electrons. The summed E-state index contributed by atoms with van der Waals surface area (Å²) in [5, 5.41) is 34.7. The number of rotatable bonds is 4. The SMILES string of the molecule is N=[N+]=Nc1c([N+](=O)[O-])cc([N+](=O)[O-])cc1[N+](=O)[O-]. The molecule has 92 valence electrons. The maximum atomic E-state index is 10.6. The van der Waals surface area contributed by atoms with Crippen molar-refractivity contribution in [1.82, 2.24) is 4.91 Å². The summed E-state index contributed by atoms with van der Waals surface area (Å²) in [6.45, 7) is 0. The van der Waals surface area contributed by atoms with Gasteiger partial charge in [-0.25, -0.2) is 0 Å². The number of benzene rings is 1. The minimum atomic E-state index is -1.08. The number of hydrogen-bond acceptors (Lipinski definition) is 8. The van der Waals surface area contributed by atoms with Crippen LogP contribution in [0.3, 0.4) is 0 Å². The van der Waals surface area contributed by atoms with E-state index in [-0.39, 0.29) is 0 Å². The summed E-state index contributed by atoms with van der Waals surface area (Å²) in [5.74, 6) is 0. The van der Waals surface area contributed by atoms with Crippen molar-refractivity contribution < 1.29 is 14.8 Å². The molecule has 0 aliphatic carbocycles. The van der Waals surface area contributed by atoms with Crippen LogP contribution in [-0.4, -0.2) is 14.8 Å². The molecule has 0 bridgehead atoms. The van der Waals surface area contributed by atoms with Gasteiger partial charge in [-0.3, -0.25) is 30.3 Å². The molecule has 18 heavy (non-hydrogen) atoms. The van der Waals surface area contributed by atoms with Gasteiger partial charge in [-0.2, -0.15) is 0 Å². The predicted molar refractivity (Wildman–Crippen MR) is 53.3 cm³/mol. The molecule has 0 unspecified atom stereocenters. The second-order valence-electron chi connectivity index (χ2n) is 2.80. The average Bonchev–Trinajstić information content (AvgIpc) is 2.28. The molecule has 12 heteroatoms. The largest absolute Gasteiger partial charge is 0.316 e. The second kappa shape index (κ2) is 4.71. The van der Waals surface area contributed by atoms with Crippen molar-refractivity contribution in [2.75, 3.05) is 0 Å². The van der Waals surface area contributed by atoms with Crippen LogP contribution in [0.15, 0.2) is 17.2 Å². The number of nitrogens with one attached hydrogen (secondary N) is 1. The third-order valence-electron chi connectivity index (χ3n) is 1.81. The normalized spacial score (nSPS) is 9.33. The number of hydrogen-bond donors (Lipinski definition) is 1. The molecule has 12 nitrogen and oxygen atoms in total. The molecule has 0 aliphatic heterocycles. The Morgan fingerprint density at radius 3 is 1.72 bits per heavy atom. The van der Waals surface area contributed by atoms with E-state index < -0.39 is 37.5 Å². The molecule has 0 atom stereocenters. The summed E-state index contributed by atoms with van der Waals surface area (Å²) >= 11 is 0. The summed E-state index contributed by atoms with van der Waals surface area (Å²) in [5.41, 5.74) is 2.86. The molecule has 1 rings (SSSR count). The Bertz CT molecular complexity index is 570. The van der Waals surface area contributed by atoms with Crippen LogP contribution < -0.4 is 4.91 Å². The summed E-state index contributed by atoms with van der Waals surface area (Å²) in [6.07, 6.45) is 0. The zero-order valence-corrected chi connectivity index (χ0v) is 8.34. The maximum absolute atomic E-state index is 10.6. The van der Waals surface area contributed by atoms with Crippen LogP contribution >= 0.6 is 0 Å². The first kappa shape index (κ1) is 12.8. The van der Waals surface area contributed by atoms with Gasteiger partial charge in [0.15, 0.2) is 5.11 Å². The van der Waals surface area contributed by atoms with Gasteiger partial charge in [0.25, 0.3) is 5.69 Å². The molecule has 0 spiro atoms. The van der Waals surface area contributed by atoms with Crippen LogP contribution in [0.5, 0.6) is 0 Å². The third kappa shape index (κ3) is 2.28. The average molecular weight is 255 g/mol. The van der Waals surface area contributed by atoms with Gasteiger partial charge in [-0.1, -0.05) is 0 Å². The van der Waals surface area contributed by atoms with Crippen molar-refractivity contribution in [3.63, 3.8) is 0 Å². The monoisotopic (exact) mass is 255 g/mol. The highest BCUT2D eigenvalue weighted by atomic mass is 16.6. The zero-order chi connectivity index (χ0) is 13.9. The van der Waals surface area contributed by atoms with E-state index in [4.69, 9.17) is 5.53 Å². The van der Waals surface area contributed by atoms with Gasteiger partial charge in [-0.05, 0) is 0 Å². The molecule has 1 aromatic rings. The van der Waals surface area contributed by atoms with Crippen molar-refractivity contribution in [2.24, 2.45) is 5.11 Å². The molecule has 0 saturated carbocycles. The van der Waals surface area contributed by atoms with Gasteiger partial charge in [0, 0.05) is 0 Å². The van der Waals surface area contributed by atoms with Crippen LogP contribution in [0.1, 0.15) is 0 Å². The van der Waals surface area contributed by atoms with Crippen molar-refractivity contribution in [1.29, 1.82) is 5.53 Å². The minimum absolute atomic E-state index is 0.511. The number of non-ortho nitro benzene ring substituents is 1. The Hall–Kier alpha value is -3.27. The summed E-state index contributed by atoms with van der Waals surface area (Å²) in [7, 11) is 0. The van der Waals surface area contributed by atoms with Crippen molar-refractivity contribution in [3.05, 3.63) is 42.5 Å². The van der Waals surface area contributed by atoms with E-state index >= 15 is 0 Å². The van der Waals surface area contributed by atoms with Crippen molar-refractivity contribution in [2.45, 2.75) is 0 Å². The molecule has 1 N–H and O–H groups in total. The summed E-state index contributed by atoms with van der Waals surface area (Å²) in [6, 6.07) is 1.02.